The molecule has 3 heterocycles. The quantitative estimate of drug-likeness (QED) is 0.633. The van der Waals surface area contributed by atoms with Gasteiger partial charge in [0, 0.05) is 0 Å². The second-order valence-corrected chi connectivity index (χ2v) is 4.91. The van der Waals surface area contributed by atoms with E-state index in [4.69, 9.17) is 26.8 Å². The van der Waals surface area contributed by atoms with Crippen LogP contribution in [0.1, 0.15) is 6.23 Å². The lowest BCUT2D eigenvalue weighted by molar-refractivity contribution is -0.0328. The molecule has 4 N–H and O–H groups in total. The van der Waals surface area contributed by atoms with Gasteiger partial charge in [-0.3, -0.25) is 0 Å². The number of nitrogens with two attached hydrogens (primary N) is 1. The molecule has 0 unspecified atom stereocenters. The predicted molar refractivity (Wildman–Crippen MR) is 72.9 cm³/mol. The van der Waals surface area contributed by atoms with E-state index in [1.54, 1.807) is 0 Å². The van der Waals surface area contributed by atoms with Gasteiger partial charge in [0.2, 0.25) is 0 Å². The van der Waals surface area contributed by atoms with E-state index in [0.29, 0.717) is 11.2 Å². The van der Waals surface area contributed by atoms with Crippen molar-refractivity contribution in [3.05, 3.63) is 6.33 Å². The maximum Gasteiger partial charge on any atom is 0.300 e. The number of aliphatic hydroxyl groups is 2. The van der Waals surface area contributed by atoms with E-state index in [0.717, 1.165) is 0 Å². The standard InChI is InChI=1S/C11H14ClN5O4/c1-20-11-16-5-8(13)14-3-15-9(5)17(11)10-7(19)6(18)4(2-12)21-10/h3-4,6-7,10,18-19H,2H2,1H3,(H2,13,14,15)/t4-,6-,7-,10-/m1/s1. The molecule has 1 fully saturated rings. The molecular weight excluding hydrogens is 302 g/mol. The number of aromatic nitrogens is 4. The first-order valence-electron chi connectivity index (χ1n) is 6.18. The van der Waals surface area contributed by atoms with Crippen LogP contribution < -0.4 is 10.5 Å². The van der Waals surface area contributed by atoms with Crippen molar-refractivity contribution < 1.29 is 19.7 Å². The first-order valence-corrected chi connectivity index (χ1v) is 6.72. The van der Waals surface area contributed by atoms with Crippen LogP contribution in [0.4, 0.5) is 5.82 Å². The number of methoxy groups -OCH3 is 1. The number of alkyl halides is 1. The minimum Gasteiger partial charge on any atom is -0.468 e. The number of rotatable bonds is 3. The second-order valence-electron chi connectivity index (χ2n) is 4.60. The van der Waals surface area contributed by atoms with Crippen LogP contribution in [0.25, 0.3) is 11.2 Å². The van der Waals surface area contributed by atoms with Crippen molar-refractivity contribution in [2.75, 3.05) is 18.7 Å². The minimum absolute atomic E-state index is 0.0425. The molecule has 0 spiro atoms. The van der Waals surface area contributed by atoms with Gasteiger partial charge in [-0.05, 0) is 0 Å². The summed E-state index contributed by atoms with van der Waals surface area (Å²) in [5, 5.41) is 20.1. The van der Waals surface area contributed by atoms with Crippen molar-refractivity contribution in [2.45, 2.75) is 24.5 Å². The van der Waals surface area contributed by atoms with Crippen molar-refractivity contribution in [1.29, 1.82) is 0 Å². The first kappa shape index (κ1) is 14.3. The molecule has 0 aliphatic carbocycles. The summed E-state index contributed by atoms with van der Waals surface area (Å²) >= 11 is 5.71. The Labute approximate surface area is 124 Å². The molecule has 3 rings (SSSR count). The molecule has 4 atom stereocenters. The van der Waals surface area contributed by atoms with Crippen molar-refractivity contribution in [1.82, 2.24) is 19.5 Å². The van der Waals surface area contributed by atoms with Crippen LogP contribution in [0.3, 0.4) is 0 Å². The monoisotopic (exact) mass is 315 g/mol. The molecule has 9 nitrogen and oxygen atoms in total. The third-order valence-electron chi connectivity index (χ3n) is 3.40. The highest BCUT2D eigenvalue weighted by Crippen LogP contribution is 2.35. The largest absolute Gasteiger partial charge is 0.468 e. The maximum absolute atomic E-state index is 10.2. The third kappa shape index (κ3) is 2.09. The lowest BCUT2D eigenvalue weighted by atomic mass is 10.1. The predicted octanol–water partition coefficient (Wildman–Crippen LogP) is -0.725. The van der Waals surface area contributed by atoms with Crippen LogP contribution in [0, 0.1) is 0 Å². The summed E-state index contributed by atoms with van der Waals surface area (Å²) in [5.74, 6) is 0.222. The fraction of sp³-hybridized carbons (Fsp3) is 0.545. The van der Waals surface area contributed by atoms with Crippen molar-refractivity contribution in [2.24, 2.45) is 0 Å². The zero-order valence-corrected chi connectivity index (χ0v) is 11.8. The van der Waals surface area contributed by atoms with E-state index in [1.165, 1.54) is 18.0 Å². The van der Waals surface area contributed by atoms with Crippen LogP contribution in [-0.2, 0) is 4.74 Å². The lowest BCUT2D eigenvalue weighted by Crippen LogP contribution is -2.32. The summed E-state index contributed by atoms with van der Waals surface area (Å²) in [6, 6.07) is 0.142. The van der Waals surface area contributed by atoms with Crippen LogP contribution in [0.15, 0.2) is 6.33 Å². The molecule has 10 heteroatoms. The van der Waals surface area contributed by atoms with E-state index < -0.39 is 24.5 Å². The van der Waals surface area contributed by atoms with Crippen LogP contribution in [0.5, 0.6) is 6.01 Å². The highest BCUT2D eigenvalue weighted by Gasteiger charge is 2.45. The second kappa shape index (κ2) is 5.26. The Morgan fingerprint density at radius 3 is 2.81 bits per heavy atom. The molecule has 1 saturated heterocycles. The summed E-state index contributed by atoms with van der Waals surface area (Å²) < 4.78 is 12.2. The Morgan fingerprint density at radius 2 is 2.19 bits per heavy atom. The van der Waals surface area contributed by atoms with Gasteiger partial charge in [-0.1, -0.05) is 0 Å². The van der Waals surface area contributed by atoms with Gasteiger partial charge in [-0.25, -0.2) is 14.5 Å². The zero-order valence-electron chi connectivity index (χ0n) is 11.0. The molecular formula is C11H14ClN5O4. The fourth-order valence-corrected chi connectivity index (χ4v) is 2.60. The highest BCUT2D eigenvalue weighted by atomic mass is 35.5. The Morgan fingerprint density at radius 1 is 1.43 bits per heavy atom. The molecule has 2 aromatic heterocycles. The van der Waals surface area contributed by atoms with Crippen molar-refractivity contribution in [3.63, 3.8) is 0 Å². The van der Waals surface area contributed by atoms with Gasteiger partial charge in [0.1, 0.15) is 24.6 Å². The summed E-state index contributed by atoms with van der Waals surface area (Å²) in [6.07, 6.45) is -2.68. The molecule has 21 heavy (non-hydrogen) atoms. The van der Waals surface area contributed by atoms with Gasteiger partial charge in [-0.15, -0.1) is 11.6 Å². The van der Waals surface area contributed by atoms with Gasteiger partial charge >= 0.3 is 6.01 Å². The Balaban J connectivity index is 2.14. The van der Waals surface area contributed by atoms with E-state index >= 15 is 0 Å². The normalized spacial score (nSPS) is 29.1. The average molecular weight is 316 g/mol. The summed E-state index contributed by atoms with van der Waals surface area (Å²) in [4.78, 5) is 12.1. The average Bonchev–Trinajstić information content (AvgIpc) is 2.99. The molecule has 0 radical (unpaired) electrons. The number of hydrogen-bond acceptors (Lipinski definition) is 8. The molecule has 1 aliphatic rings. The van der Waals surface area contributed by atoms with Crippen LogP contribution >= 0.6 is 11.6 Å². The highest BCUT2D eigenvalue weighted by molar-refractivity contribution is 6.18. The van der Waals surface area contributed by atoms with E-state index in [1.807, 2.05) is 0 Å². The van der Waals surface area contributed by atoms with Gasteiger partial charge < -0.3 is 25.4 Å². The lowest BCUT2D eigenvalue weighted by Gasteiger charge is -2.18. The van der Waals surface area contributed by atoms with Gasteiger partial charge in [0.25, 0.3) is 0 Å². The Kier molecular flexibility index (Phi) is 3.57. The molecule has 114 valence electrons. The molecule has 1 aliphatic heterocycles. The zero-order chi connectivity index (χ0) is 15.1. The number of anilines is 1. The molecule has 0 saturated carbocycles. The van der Waals surface area contributed by atoms with E-state index in [2.05, 4.69) is 15.0 Å². The topological polar surface area (TPSA) is 129 Å². The summed E-state index contributed by atoms with van der Waals surface area (Å²) in [6.45, 7) is 0. The van der Waals surface area contributed by atoms with Gasteiger partial charge in [0.05, 0.1) is 13.0 Å². The Bertz CT molecular complexity index is 665. The fourth-order valence-electron chi connectivity index (χ4n) is 2.35. The maximum atomic E-state index is 10.2. The van der Waals surface area contributed by atoms with Gasteiger partial charge in [0.15, 0.2) is 23.2 Å². The van der Waals surface area contributed by atoms with Crippen molar-refractivity contribution in [3.8, 4) is 6.01 Å². The van der Waals surface area contributed by atoms with Crippen molar-refractivity contribution >= 4 is 28.6 Å². The van der Waals surface area contributed by atoms with E-state index in [9.17, 15) is 10.2 Å². The van der Waals surface area contributed by atoms with Crippen LogP contribution in [-0.4, -0.2) is 61.0 Å². The van der Waals surface area contributed by atoms with E-state index in [-0.39, 0.29) is 17.7 Å². The minimum atomic E-state index is -1.20. The summed E-state index contributed by atoms with van der Waals surface area (Å²) in [5.41, 5.74) is 6.42. The number of imidazole rings is 1. The Hall–Kier alpha value is -1.68. The number of halogens is 1. The third-order valence-corrected chi connectivity index (χ3v) is 3.70. The number of hydrogen-bond donors (Lipinski definition) is 3. The summed E-state index contributed by atoms with van der Waals surface area (Å²) in [7, 11) is 1.41. The first-order chi connectivity index (χ1) is 10.1. The smallest absolute Gasteiger partial charge is 0.300 e. The number of nitrogens with zero attached hydrogens (tertiary/aromatic N) is 4. The number of aliphatic hydroxyl groups excluding tert-OH is 2. The molecule has 2 aromatic rings. The molecule has 0 amide bonds. The van der Waals surface area contributed by atoms with Gasteiger partial charge in [-0.2, -0.15) is 4.98 Å². The molecule has 0 bridgehead atoms. The molecule has 0 aromatic carbocycles. The SMILES string of the molecule is COc1nc2c(N)ncnc2n1[C@@H]1O[C@H](CCl)[C@@H](O)[C@H]1O. The number of nitrogen functional groups attached to an aromatic ring is 1. The van der Waals surface area contributed by atoms with Crippen LogP contribution in [0.2, 0.25) is 0 Å². The number of fused-ring (bicyclic) bond motifs is 1. The number of ether oxygens (including phenoxy) is 2.